The molecule has 0 aromatic heterocycles. The number of rotatable bonds is 5. The Morgan fingerprint density at radius 2 is 2.00 bits per heavy atom. The third kappa shape index (κ3) is 8.74. The number of nitrogens with two attached hydrogens (primary N) is 2. The zero-order valence-electron chi connectivity index (χ0n) is 6.39. The normalized spacial score (nSPS) is 9.09. The molecule has 0 aromatic rings. The highest BCUT2D eigenvalue weighted by atomic mass is 16.2. The van der Waals surface area contributed by atoms with Gasteiger partial charge in [-0.05, 0) is 12.8 Å². The highest BCUT2D eigenvalue weighted by Crippen LogP contribution is 1.91. The summed E-state index contributed by atoms with van der Waals surface area (Å²) in [6.45, 7) is 0.558. The van der Waals surface area contributed by atoms with E-state index in [1.54, 1.807) is 0 Å². The van der Waals surface area contributed by atoms with Gasteiger partial charge >= 0.3 is 6.03 Å². The summed E-state index contributed by atoms with van der Waals surface area (Å²) in [5, 5.41) is 9.33. The van der Waals surface area contributed by atoms with Crippen LogP contribution in [0.5, 0.6) is 0 Å². The van der Waals surface area contributed by atoms with Gasteiger partial charge in [-0.3, -0.25) is 5.41 Å². The zero-order valence-corrected chi connectivity index (χ0v) is 6.39. The van der Waals surface area contributed by atoms with Crippen LogP contribution in [0.4, 0.5) is 4.79 Å². The molecule has 0 saturated heterocycles. The summed E-state index contributed by atoms with van der Waals surface area (Å²) in [5.41, 5.74) is 9.92. The molecule has 0 aliphatic heterocycles. The van der Waals surface area contributed by atoms with Crippen LogP contribution < -0.4 is 16.8 Å². The topological polar surface area (TPSA) is 105 Å². The lowest BCUT2D eigenvalue weighted by atomic mass is 10.2. The Morgan fingerprint density at radius 1 is 1.36 bits per heavy atom. The van der Waals surface area contributed by atoms with Gasteiger partial charge in [-0.15, -0.1) is 0 Å². The van der Waals surface area contributed by atoms with Crippen molar-refractivity contribution in [3.63, 3.8) is 0 Å². The third-order valence-electron chi connectivity index (χ3n) is 1.17. The van der Waals surface area contributed by atoms with Crippen molar-refractivity contribution in [2.75, 3.05) is 6.54 Å². The van der Waals surface area contributed by atoms with E-state index >= 15 is 0 Å². The van der Waals surface area contributed by atoms with Crippen molar-refractivity contribution >= 4 is 11.9 Å². The molecule has 0 bridgehead atoms. The first-order valence-electron chi connectivity index (χ1n) is 3.49. The Hall–Kier alpha value is -1.26. The predicted molar refractivity (Wildman–Crippen MR) is 43.4 cm³/mol. The lowest BCUT2D eigenvalue weighted by molar-refractivity contribution is 0.249. The average molecular weight is 158 g/mol. The lowest BCUT2D eigenvalue weighted by Gasteiger charge is -2.00. The fourth-order valence-electron chi connectivity index (χ4n) is 0.652. The molecule has 0 aliphatic carbocycles. The minimum Gasteiger partial charge on any atom is -0.388 e. The number of amidine groups is 1. The first-order chi connectivity index (χ1) is 5.13. The Labute approximate surface area is 65.6 Å². The van der Waals surface area contributed by atoms with Crippen LogP contribution >= 0.6 is 0 Å². The highest BCUT2D eigenvalue weighted by molar-refractivity contribution is 5.76. The third-order valence-corrected chi connectivity index (χ3v) is 1.17. The number of urea groups is 1. The molecule has 0 spiro atoms. The van der Waals surface area contributed by atoms with Crippen molar-refractivity contribution in [3.8, 4) is 0 Å². The van der Waals surface area contributed by atoms with Crippen LogP contribution in [0.15, 0.2) is 0 Å². The standard InChI is InChI=1S/C6H14N4O/c7-5(8)3-1-2-4-10-6(9)11/h1-4H2,(H3,7,8)(H3,9,10,11). The molecule has 64 valence electrons. The summed E-state index contributed by atoms with van der Waals surface area (Å²) in [6, 6.07) is -0.507. The number of carbonyl (C=O) groups excluding carboxylic acids is 1. The van der Waals surface area contributed by atoms with E-state index in [1.165, 1.54) is 0 Å². The van der Waals surface area contributed by atoms with Crippen molar-refractivity contribution in [1.82, 2.24) is 5.32 Å². The molecule has 0 atom stereocenters. The molecule has 2 amide bonds. The van der Waals surface area contributed by atoms with Gasteiger partial charge in [0.2, 0.25) is 0 Å². The van der Waals surface area contributed by atoms with Gasteiger partial charge in [0.25, 0.3) is 0 Å². The van der Waals surface area contributed by atoms with Crippen molar-refractivity contribution < 1.29 is 4.79 Å². The van der Waals surface area contributed by atoms with E-state index in [1.807, 2.05) is 0 Å². The van der Waals surface area contributed by atoms with Gasteiger partial charge in [0, 0.05) is 13.0 Å². The largest absolute Gasteiger partial charge is 0.388 e. The number of amides is 2. The number of nitrogens with one attached hydrogen (secondary N) is 2. The van der Waals surface area contributed by atoms with Crippen LogP contribution in [0.3, 0.4) is 0 Å². The lowest BCUT2D eigenvalue weighted by Crippen LogP contribution is -2.30. The van der Waals surface area contributed by atoms with E-state index < -0.39 is 6.03 Å². The van der Waals surface area contributed by atoms with Crippen LogP contribution in [0.1, 0.15) is 19.3 Å². The van der Waals surface area contributed by atoms with Gasteiger partial charge in [-0.1, -0.05) is 0 Å². The van der Waals surface area contributed by atoms with Gasteiger partial charge in [0.05, 0.1) is 5.84 Å². The van der Waals surface area contributed by atoms with Crippen LogP contribution in [-0.2, 0) is 0 Å². The monoisotopic (exact) mass is 158 g/mol. The number of unbranched alkanes of at least 4 members (excludes halogenated alkanes) is 1. The van der Waals surface area contributed by atoms with E-state index in [4.69, 9.17) is 16.9 Å². The molecule has 11 heavy (non-hydrogen) atoms. The molecule has 0 saturated carbocycles. The van der Waals surface area contributed by atoms with E-state index in [2.05, 4.69) is 5.32 Å². The SMILES string of the molecule is N=C(N)CCCCNC(N)=O. The maximum atomic E-state index is 10.1. The van der Waals surface area contributed by atoms with Crippen LogP contribution in [0, 0.1) is 5.41 Å². The summed E-state index contributed by atoms with van der Waals surface area (Å²) >= 11 is 0. The highest BCUT2D eigenvalue weighted by Gasteiger charge is 1.92. The zero-order chi connectivity index (χ0) is 8.69. The minimum absolute atomic E-state index is 0.184. The van der Waals surface area contributed by atoms with E-state index in [-0.39, 0.29) is 5.84 Å². The Kier molecular flexibility index (Phi) is 4.89. The molecule has 0 radical (unpaired) electrons. The summed E-state index contributed by atoms with van der Waals surface area (Å²) in [5.74, 6) is 0.184. The van der Waals surface area contributed by atoms with Gasteiger partial charge < -0.3 is 16.8 Å². The Morgan fingerprint density at radius 3 is 2.45 bits per heavy atom. The van der Waals surface area contributed by atoms with Crippen molar-refractivity contribution in [2.45, 2.75) is 19.3 Å². The second-order valence-electron chi connectivity index (χ2n) is 2.27. The summed E-state index contributed by atoms with van der Waals surface area (Å²) in [6.07, 6.45) is 2.21. The molecule has 0 rings (SSSR count). The van der Waals surface area contributed by atoms with E-state index in [0.29, 0.717) is 13.0 Å². The van der Waals surface area contributed by atoms with Gasteiger partial charge in [-0.25, -0.2) is 4.79 Å². The molecule has 6 N–H and O–H groups in total. The maximum absolute atomic E-state index is 10.1. The first-order valence-corrected chi connectivity index (χ1v) is 3.49. The molecule has 0 fully saturated rings. The van der Waals surface area contributed by atoms with Crippen LogP contribution in [-0.4, -0.2) is 18.4 Å². The van der Waals surface area contributed by atoms with Crippen molar-refractivity contribution in [1.29, 1.82) is 5.41 Å². The molecule has 0 aliphatic rings. The van der Waals surface area contributed by atoms with Crippen LogP contribution in [0.2, 0.25) is 0 Å². The summed E-state index contributed by atoms with van der Waals surface area (Å²) in [4.78, 5) is 10.1. The first kappa shape index (κ1) is 9.74. The Bertz CT molecular complexity index is 130. The molecule has 0 aromatic carbocycles. The predicted octanol–water partition coefficient (Wildman–Crippen LogP) is -0.239. The quantitative estimate of drug-likeness (QED) is 0.252. The second-order valence-corrected chi connectivity index (χ2v) is 2.27. The summed E-state index contributed by atoms with van der Waals surface area (Å²) < 4.78 is 0. The molecule has 0 unspecified atom stereocenters. The number of hydrogen-bond donors (Lipinski definition) is 4. The average Bonchev–Trinajstić information content (AvgIpc) is 1.85. The maximum Gasteiger partial charge on any atom is 0.312 e. The van der Waals surface area contributed by atoms with Crippen molar-refractivity contribution in [2.24, 2.45) is 11.5 Å². The van der Waals surface area contributed by atoms with E-state index in [9.17, 15) is 4.79 Å². The van der Waals surface area contributed by atoms with Gasteiger partial charge in [-0.2, -0.15) is 0 Å². The molecular weight excluding hydrogens is 144 g/mol. The summed E-state index contributed by atoms with van der Waals surface area (Å²) in [7, 11) is 0. The second kappa shape index (κ2) is 5.52. The fraction of sp³-hybridized carbons (Fsp3) is 0.667. The van der Waals surface area contributed by atoms with E-state index in [0.717, 1.165) is 12.8 Å². The molecule has 0 heterocycles. The molecule has 5 nitrogen and oxygen atoms in total. The smallest absolute Gasteiger partial charge is 0.312 e. The van der Waals surface area contributed by atoms with Crippen LogP contribution in [0.25, 0.3) is 0 Å². The Balaban J connectivity index is 3.03. The molecule has 5 heteroatoms. The van der Waals surface area contributed by atoms with Gasteiger partial charge in [0.1, 0.15) is 0 Å². The molecular formula is C6H14N4O. The number of carbonyl (C=O) groups is 1. The van der Waals surface area contributed by atoms with Gasteiger partial charge in [0.15, 0.2) is 0 Å². The minimum atomic E-state index is -0.507. The number of primary amides is 1. The van der Waals surface area contributed by atoms with Crippen molar-refractivity contribution in [3.05, 3.63) is 0 Å². The fourth-order valence-corrected chi connectivity index (χ4v) is 0.652. The number of hydrogen-bond acceptors (Lipinski definition) is 2.